The van der Waals surface area contributed by atoms with Crippen LogP contribution in [0.3, 0.4) is 0 Å². The molecular weight excluding hydrogens is 277 g/mol. The summed E-state index contributed by atoms with van der Waals surface area (Å²) in [6.45, 7) is 3.82. The van der Waals surface area contributed by atoms with Crippen LogP contribution in [0.25, 0.3) is 0 Å². The van der Waals surface area contributed by atoms with Crippen molar-refractivity contribution < 1.29 is 23.3 Å². The van der Waals surface area contributed by atoms with Gasteiger partial charge >= 0.3 is 0 Å². The first-order valence-corrected chi connectivity index (χ1v) is 6.95. The average molecular weight is 301 g/mol. The third-order valence-corrected chi connectivity index (χ3v) is 2.74. The van der Waals surface area contributed by atoms with Crippen molar-refractivity contribution >= 4 is 0 Å². The van der Waals surface area contributed by atoms with Gasteiger partial charge in [0.05, 0.1) is 26.4 Å². The molecule has 0 aliphatic heterocycles. The van der Waals surface area contributed by atoms with E-state index in [9.17, 15) is 4.39 Å². The summed E-state index contributed by atoms with van der Waals surface area (Å²) in [4.78, 5) is 0. The molecule has 1 N–H and O–H groups in total. The topological polar surface area (TPSA) is 49.0 Å². The fourth-order valence-corrected chi connectivity index (χ4v) is 1.68. The molecule has 1 rings (SSSR count). The number of hydrogen-bond donors (Lipinski definition) is 1. The molecule has 6 heteroatoms. The summed E-state index contributed by atoms with van der Waals surface area (Å²) in [5, 5.41) is 3.17. The highest BCUT2D eigenvalue weighted by Crippen LogP contribution is 2.19. The van der Waals surface area contributed by atoms with Crippen molar-refractivity contribution in [3.63, 3.8) is 0 Å². The van der Waals surface area contributed by atoms with E-state index in [1.807, 2.05) is 0 Å². The quantitative estimate of drug-likeness (QED) is 0.594. The first-order valence-electron chi connectivity index (χ1n) is 6.95. The van der Waals surface area contributed by atoms with Gasteiger partial charge in [-0.25, -0.2) is 4.39 Å². The number of rotatable bonds is 12. The minimum atomic E-state index is -0.276. The van der Waals surface area contributed by atoms with E-state index in [2.05, 4.69) is 5.32 Å². The molecule has 0 aliphatic carbocycles. The molecule has 120 valence electrons. The van der Waals surface area contributed by atoms with E-state index < -0.39 is 0 Å². The zero-order chi connectivity index (χ0) is 15.3. The molecule has 1 aromatic rings. The summed E-state index contributed by atoms with van der Waals surface area (Å²) in [6, 6.07) is 4.50. The van der Waals surface area contributed by atoms with Crippen LogP contribution in [0.1, 0.15) is 5.56 Å². The van der Waals surface area contributed by atoms with Crippen molar-refractivity contribution in [2.45, 2.75) is 6.54 Å². The normalized spacial score (nSPS) is 10.8. The van der Waals surface area contributed by atoms with E-state index in [1.54, 1.807) is 20.3 Å². The maximum absolute atomic E-state index is 13.3. The van der Waals surface area contributed by atoms with Gasteiger partial charge in [-0.15, -0.1) is 0 Å². The van der Waals surface area contributed by atoms with Gasteiger partial charge in [0.2, 0.25) is 0 Å². The maximum Gasteiger partial charge on any atom is 0.124 e. The van der Waals surface area contributed by atoms with Gasteiger partial charge in [-0.1, -0.05) is 0 Å². The van der Waals surface area contributed by atoms with Crippen molar-refractivity contribution in [3.05, 3.63) is 29.6 Å². The molecule has 1 aromatic carbocycles. The molecular formula is C15H24FNO4. The largest absolute Gasteiger partial charge is 0.491 e. The van der Waals surface area contributed by atoms with Crippen molar-refractivity contribution in [2.75, 3.05) is 53.8 Å². The van der Waals surface area contributed by atoms with Crippen LogP contribution in [0.15, 0.2) is 18.2 Å². The number of hydrogen-bond acceptors (Lipinski definition) is 5. The molecule has 5 nitrogen and oxygen atoms in total. The molecule has 0 spiro atoms. The summed E-state index contributed by atoms with van der Waals surface area (Å²) in [7, 11) is 3.27. The molecule has 0 fully saturated rings. The van der Waals surface area contributed by atoms with Crippen molar-refractivity contribution in [2.24, 2.45) is 0 Å². The predicted molar refractivity (Wildman–Crippen MR) is 78.2 cm³/mol. The lowest BCUT2D eigenvalue weighted by Gasteiger charge is -2.12. The standard InChI is InChI=1S/C15H24FNO4/c1-18-6-5-17-12-13-11-14(16)3-4-15(13)21-10-9-20-8-7-19-2/h3-4,11,17H,5-10,12H2,1-2H3. The fourth-order valence-electron chi connectivity index (χ4n) is 1.68. The van der Waals surface area contributed by atoms with E-state index in [0.29, 0.717) is 51.9 Å². The van der Waals surface area contributed by atoms with E-state index >= 15 is 0 Å². The lowest BCUT2D eigenvalue weighted by Crippen LogP contribution is -2.19. The van der Waals surface area contributed by atoms with Crippen LogP contribution in [0.4, 0.5) is 4.39 Å². The number of nitrogens with one attached hydrogen (secondary N) is 1. The third-order valence-electron chi connectivity index (χ3n) is 2.74. The minimum absolute atomic E-state index is 0.276. The molecule has 0 amide bonds. The third kappa shape index (κ3) is 7.96. The number of ether oxygens (including phenoxy) is 4. The van der Waals surface area contributed by atoms with Crippen molar-refractivity contribution in [1.29, 1.82) is 0 Å². The molecule has 0 saturated heterocycles. The van der Waals surface area contributed by atoms with E-state index in [0.717, 1.165) is 5.56 Å². The van der Waals surface area contributed by atoms with E-state index in [1.165, 1.54) is 12.1 Å². The highest BCUT2D eigenvalue weighted by atomic mass is 19.1. The summed E-state index contributed by atoms with van der Waals surface area (Å²) in [6.07, 6.45) is 0. The number of halogens is 1. The fraction of sp³-hybridized carbons (Fsp3) is 0.600. The first kappa shape index (κ1) is 17.8. The Morgan fingerprint density at radius 1 is 1.00 bits per heavy atom. The van der Waals surface area contributed by atoms with E-state index in [-0.39, 0.29) is 5.82 Å². The van der Waals surface area contributed by atoms with Crippen LogP contribution in [-0.2, 0) is 20.8 Å². The zero-order valence-corrected chi connectivity index (χ0v) is 12.7. The molecule has 0 heterocycles. The minimum Gasteiger partial charge on any atom is -0.491 e. The van der Waals surface area contributed by atoms with Gasteiger partial charge in [0.1, 0.15) is 18.2 Å². The molecule has 0 atom stereocenters. The predicted octanol–water partition coefficient (Wildman–Crippen LogP) is 1.60. The van der Waals surface area contributed by atoms with Crippen LogP contribution >= 0.6 is 0 Å². The summed E-state index contributed by atoms with van der Waals surface area (Å²) in [5.74, 6) is 0.388. The number of methoxy groups -OCH3 is 2. The van der Waals surface area contributed by atoms with Gasteiger partial charge in [-0.05, 0) is 18.2 Å². The Kier molecular flexibility index (Phi) is 9.73. The van der Waals surface area contributed by atoms with Gasteiger partial charge in [0.15, 0.2) is 0 Å². The van der Waals surface area contributed by atoms with Crippen molar-refractivity contribution in [3.8, 4) is 5.75 Å². The molecule has 0 radical (unpaired) electrons. The van der Waals surface area contributed by atoms with Crippen LogP contribution in [0.5, 0.6) is 5.75 Å². The van der Waals surface area contributed by atoms with Gasteiger partial charge in [-0.3, -0.25) is 0 Å². The Hall–Kier alpha value is -1.21. The SMILES string of the molecule is COCCNCc1cc(F)ccc1OCCOCCOC. The monoisotopic (exact) mass is 301 g/mol. The summed E-state index contributed by atoms with van der Waals surface area (Å²) < 4.78 is 34.1. The van der Waals surface area contributed by atoms with E-state index in [4.69, 9.17) is 18.9 Å². The average Bonchev–Trinajstić information content (AvgIpc) is 2.49. The second kappa shape index (κ2) is 11.4. The molecule has 0 bridgehead atoms. The summed E-state index contributed by atoms with van der Waals surface area (Å²) >= 11 is 0. The van der Waals surface area contributed by atoms with Crippen molar-refractivity contribution in [1.82, 2.24) is 5.32 Å². The van der Waals surface area contributed by atoms with Gasteiger partial charge in [0, 0.05) is 32.9 Å². The van der Waals surface area contributed by atoms with Crippen LogP contribution in [0.2, 0.25) is 0 Å². The van der Waals surface area contributed by atoms with Crippen LogP contribution in [-0.4, -0.2) is 53.8 Å². The highest BCUT2D eigenvalue weighted by molar-refractivity contribution is 5.33. The molecule has 0 aromatic heterocycles. The zero-order valence-electron chi connectivity index (χ0n) is 12.7. The molecule has 0 aliphatic rings. The van der Waals surface area contributed by atoms with Crippen LogP contribution < -0.4 is 10.1 Å². The maximum atomic E-state index is 13.3. The Labute approximate surface area is 125 Å². The Morgan fingerprint density at radius 2 is 1.76 bits per heavy atom. The summed E-state index contributed by atoms with van der Waals surface area (Å²) in [5.41, 5.74) is 0.781. The van der Waals surface area contributed by atoms with Gasteiger partial charge in [0.25, 0.3) is 0 Å². The Morgan fingerprint density at radius 3 is 2.52 bits per heavy atom. The molecule has 0 unspecified atom stereocenters. The Balaban J connectivity index is 2.37. The van der Waals surface area contributed by atoms with Gasteiger partial charge in [-0.2, -0.15) is 0 Å². The second-order valence-corrected chi connectivity index (χ2v) is 4.38. The Bertz CT molecular complexity index is 390. The van der Waals surface area contributed by atoms with Crippen LogP contribution in [0, 0.1) is 5.82 Å². The lowest BCUT2D eigenvalue weighted by atomic mass is 10.2. The first-order chi connectivity index (χ1) is 10.3. The second-order valence-electron chi connectivity index (χ2n) is 4.38. The molecule has 0 saturated carbocycles. The van der Waals surface area contributed by atoms with Gasteiger partial charge < -0.3 is 24.3 Å². The number of benzene rings is 1. The molecule has 21 heavy (non-hydrogen) atoms. The lowest BCUT2D eigenvalue weighted by molar-refractivity contribution is 0.0542. The smallest absolute Gasteiger partial charge is 0.124 e. The highest BCUT2D eigenvalue weighted by Gasteiger charge is 2.05.